The van der Waals surface area contributed by atoms with Crippen LogP contribution >= 0.6 is 0 Å². The highest BCUT2D eigenvalue weighted by molar-refractivity contribution is 6.13. The Balaban J connectivity index is 1.54. The van der Waals surface area contributed by atoms with Crippen molar-refractivity contribution in [3.8, 4) is 0 Å². The number of halogens is 1. The molecule has 0 aromatic heterocycles. The molecule has 4 rings (SSSR count). The predicted octanol–water partition coefficient (Wildman–Crippen LogP) is 3.87. The molecule has 4 heteroatoms. The maximum Gasteiger partial charge on any atom is 0.189 e. The fourth-order valence-corrected chi connectivity index (χ4v) is 3.49. The number of fused-ring (bicyclic) bond motifs is 1. The van der Waals surface area contributed by atoms with Crippen LogP contribution in [0.4, 0.5) is 10.1 Å². The minimum Gasteiger partial charge on any atom is -0.378 e. The van der Waals surface area contributed by atoms with Crippen LogP contribution in [0.25, 0.3) is 6.08 Å². The minimum atomic E-state index is -0.280. The molecule has 25 heavy (non-hydrogen) atoms. The molecule has 1 aliphatic carbocycles. The van der Waals surface area contributed by atoms with E-state index in [1.165, 1.54) is 17.8 Å². The molecule has 2 aromatic rings. The summed E-state index contributed by atoms with van der Waals surface area (Å²) >= 11 is 0. The lowest BCUT2D eigenvalue weighted by atomic mass is 9.86. The normalized spacial score (nSPS) is 19.2. The van der Waals surface area contributed by atoms with E-state index in [0.717, 1.165) is 43.0 Å². The van der Waals surface area contributed by atoms with Crippen molar-refractivity contribution in [2.75, 3.05) is 31.2 Å². The first kappa shape index (κ1) is 16.0. The van der Waals surface area contributed by atoms with Gasteiger partial charge < -0.3 is 9.64 Å². The monoisotopic (exact) mass is 337 g/mol. The number of ketones is 1. The van der Waals surface area contributed by atoms with E-state index in [2.05, 4.69) is 17.0 Å². The molecule has 0 atom stereocenters. The first-order chi connectivity index (χ1) is 12.2. The van der Waals surface area contributed by atoms with Crippen LogP contribution in [0.2, 0.25) is 0 Å². The lowest BCUT2D eigenvalue weighted by Gasteiger charge is -2.28. The second kappa shape index (κ2) is 6.81. The van der Waals surface area contributed by atoms with E-state index in [1.807, 2.05) is 18.2 Å². The summed E-state index contributed by atoms with van der Waals surface area (Å²) in [5, 5.41) is 0. The van der Waals surface area contributed by atoms with Gasteiger partial charge in [-0.25, -0.2) is 4.39 Å². The molecule has 2 aliphatic rings. The molecule has 1 aliphatic heterocycles. The summed E-state index contributed by atoms with van der Waals surface area (Å²) in [4.78, 5) is 14.9. The van der Waals surface area contributed by atoms with E-state index >= 15 is 0 Å². The van der Waals surface area contributed by atoms with Crippen LogP contribution in [0, 0.1) is 5.82 Å². The molecular formula is C21H20FNO2. The smallest absolute Gasteiger partial charge is 0.189 e. The maximum atomic E-state index is 13.3. The predicted molar refractivity (Wildman–Crippen MR) is 96.5 cm³/mol. The van der Waals surface area contributed by atoms with Gasteiger partial charge in [0.1, 0.15) is 5.82 Å². The van der Waals surface area contributed by atoms with Crippen molar-refractivity contribution in [2.24, 2.45) is 0 Å². The maximum absolute atomic E-state index is 13.3. The second-order valence-corrected chi connectivity index (χ2v) is 6.49. The van der Waals surface area contributed by atoms with Crippen molar-refractivity contribution in [1.29, 1.82) is 0 Å². The summed E-state index contributed by atoms with van der Waals surface area (Å²) in [7, 11) is 0. The first-order valence-corrected chi connectivity index (χ1v) is 8.67. The number of allylic oxidation sites excluding steroid dienone is 1. The quantitative estimate of drug-likeness (QED) is 0.779. The molecule has 0 unspecified atom stereocenters. The van der Waals surface area contributed by atoms with Crippen LogP contribution in [-0.2, 0) is 11.2 Å². The van der Waals surface area contributed by atoms with Gasteiger partial charge in [0.15, 0.2) is 5.78 Å². The SMILES string of the molecule is O=C1C(=Cc2ccc(N3CCOCC3)cc2)CCc2cc(F)ccc21. The number of benzene rings is 2. The summed E-state index contributed by atoms with van der Waals surface area (Å²) in [5.74, 6) is -0.267. The van der Waals surface area contributed by atoms with Crippen molar-refractivity contribution >= 4 is 17.5 Å². The van der Waals surface area contributed by atoms with Crippen molar-refractivity contribution in [1.82, 2.24) is 0 Å². The minimum absolute atomic E-state index is 0.0125. The highest BCUT2D eigenvalue weighted by atomic mass is 19.1. The molecule has 0 spiro atoms. The average Bonchev–Trinajstić information content (AvgIpc) is 2.65. The van der Waals surface area contributed by atoms with E-state index < -0.39 is 0 Å². The standard InChI is InChI=1S/C21H20FNO2/c22-18-5-8-20-16(14-18)3-4-17(21(20)24)13-15-1-6-19(7-2-15)23-9-11-25-12-10-23/h1-2,5-8,13-14H,3-4,9-12H2. The fourth-order valence-electron chi connectivity index (χ4n) is 3.49. The summed E-state index contributed by atoms with van der Waals surface area (Å²) in [6, 6.07) is 12.7. The Morgan fingerprint density at radius 3 is 2.52 bits per heavy atom. The Bertz CT molecular complexity index is 820. The number of hydrogen-bond donors (Lipinski definition) is 0. The van der Waals surface area contributed by atoms with Crippen LogP contribution in [0.1, 0.15) is 27.9 Å². The molecule has 0 radical (unpaired) electrons. The van der Waals surface area contributed by atoms with Crippen LogP contribution in [0.5, 0.6) is 0 Å². The van der Waals surface area contributed by atoms with E-state index in [0.29, 0.717) is 18.4 Å². The zero-order chi connectivity index (χ0) is 17.2. The summed E-state index contributed by atoms with van der Waals surface area (Å²) in [6.45, 7) is 3.35. The van der Waals surface area contributed by atoms with Gasteiger partial charge in [-0.3, -0.25) is 4.79 Å². The van der Waals surface area contributed by atoms with Gasteiger partial charge in [-0.2, -0.15) is 0 Å². The highest BCUT2D eigenvalue weighted by Crippen LogP contribution is 2.28. The molecular weight excluding hydrogens is 317 g/mol. The summed E-state index contributed by atoms with van der Waals surface area (Å²) < 4.78 is 18.7. The number of anilines is 1. The van der Waals surface area contributed by atoms with E-state index in [4.69, 9.17) is 4.74 Å². The van der Waals surface area contributed by atoms with Gasteiger partial charge in [0.25, 0.3) is 0 Å². The molecule has 2 aromatic carbocycles. The number of Topliss-reactive ketones (excluding diaryl/α,β-unsaturated/α-hetero) is 1. The molecule has 128 valence electrons. The van der Waals surface area contributed by atoms with Crippen LogP contribution in [0.15, 0.2) is 48.0 Å². The lowest BCUT2D eigenvalue weighted by Crippen LogP contribution is -2.36. The van der Waals surface area contributed by atoms with Crippen molar-refractivity contribution in [3.63, 3.8) is 0 Å². The third kappa shape index (κ3) is 3.35. The Kier molecular flexibility index (Phi) is 4.36. The van der Waals surface area contributed by atoms with E-state index in [-0.39, 0.29) is 11.6 Å². The third-order valence-corrected chi connectivity index (χ3v) is 4.88. The lowest BCUT2D eigenvalue weighted by molar-refractivity contribution is 0.102. The Morgan fingerprint density at radius 2 is 1.76 bits per heavy atom. The molecule has 1 heterocycles. The number of rotatable bonds is 2. The molecule has 0 saturated carbocycles. The third-order valence-electron chi connectivity index (χ3n) is 4.88. The number of ether oxygens (including phenoxy) is 1. The summed E-state index contributed by atoms with van der Waals surface area (Å²) in [6.07, 6.45) is 3.31. The molecule has 1 fully saturated rings. The Hall–Kier alpha value is -2.46. The Labute approximate surface area is 146 Å². The molecule has 0 amide bonds. The topological polar surface area (TPSA) is 29.5 Å². The van der Waals surface area contributed by atoms with Gasteiger partial charge in [-0.15, -0.1) is 0 Å². The average molecular weight is 337 g/mol. The van der Waals surface area contributed by atoms with Gasteiger partial charge in [-0.05, 0) is 60.4 Å². The largest absolute Gasteiger partial charge is 0.378 e. The van der Waals surface area contributed by atoms with Crippen molar-refractivity contribution < 1.29 is 13.9 Å². The molecule has 1 saturated heterocycles. The van der Waals surface area contributed by atoms with Crippen molar-refractivity contribution in [3.05, 3.63) is 70.5 Å². The number of carbonyl (C=O) groups excluding carboxylic acids is 1. The van der Waals surface area contributed by atoms with E-state index in [1.54, 1.807) is 6.07 Å². The zero-order valence-corrected chi connectivity index (χ0v) is 14.0. The summed E-state index contributed by atoms with van der Waals surface area (Å²) in [5.41, 5.74) is 4.43. The fraction of sp³-hybridized carbons (Fsp3) is 0.286. The number of carbonyl (C=O) groups is 1. The number of aryl methyl sites for hydroxylation is 1. The zero-order valence-electron chi connectivity index (χ0n) is 14.0. The molecule has 0 bridgehead atoms. The van der Waals surface area contributed by atoms with Gasteiger partial charge in [0.05, 0.1) is 13.2 Å². The van der Waals surface area contributed by atoms with Crippen molar-refractivity contribution in [2.45, 2.75) is 12.8 Å². The molecule has 3 nitrogen and oxygen atoms in total. The second-order valence-electron chi connectivity index (χ2n) is 6.49. The number of hydrogen-bond acceptors (Lipinski definition) is 3. The number of morpholine rings is 1. The highest BCUT2D eigenvalue weighted by Gasteiger charge is 2.22. The van der Waals surface area contributed by atoms with Crippen LogP contribution < -0.4 is 4.90 Å². The van der Waals surface area contributed by atoms with Gasteiger partial charge in [0, 0.05) is 29.9 Å². The first-order valence-electron chi connectivity index (χ1n) is 8.67. The van der Waals surface area contributed by atoms with Gasteiger partial charge in [-0.1, -0.05) is 12.1 Å². The van der Waals surface area contributed by atoms with Crippen LogP contribution in [0.3, 0.4) is 0 Å². The van der Waals surface area contributed by atoms with Crippen LogP contribution in [-0.4, -0.2) is 32.1 Å². The van der Waals surface area contributed by atoms with Gasteiger partial charge in [0.2, 0.25) is 0 Å². The van der Waals surface area contributed by atoms with E-state index in [9.17, 15) is 9.18 Å². The number of nitrogens with zero attached hydrogens (tertiary/aromatic N) is 1. The van der Waals surface area contributed by atoms with Gasteiger partial charge >= 0.3 is 0 Å². The Morgan fingerprint density at radius 1 is 1.00 bits per heavy atom. The molecule has 0 N–H and O–H groups in total.